The van der Waals surface area contributed by atoms with E-state index in [2.05, 4.69) is 4.98 Å². The molecule has 2 rings (SSSR count). The second-order valence-electron chi connectivity index (χ2n) is 3.25. The van der Waals surface area contributed by atoms with Crippen LogP contribution in [0.3, 0.4) is 0 Å². The van der Waals surface area contributed by atoms with Gasteiger partial charge in [-0.15, -0.1) is 0 Å². The summed E-state index contributed by atoms with van der Waals surface area (Å²) in [4.78, 5) is 3.95. The average Bonchev–Trinajstić information content (AvgIpc) is 2.29. The lowest BCUT2D eigenvalue weighted by Crippen LogP contribution is -1.83. The number of benzene rings is 1. The lowest BCUT2D eigenvalue weighted by molar-refractivity contribution is 1.33. The highest BCUT2D eigenvalue weighted by atomic mass is 35.5. The molecule has 0 spiro atoms. The zero-order chi connectivity index (χ0) is 12.6. The minimum Gasteiger partial charge on any atom is -0.242 e. The molecule has 0 N–H and O–H groups in total. The largest absolute Gasteiger partial charge is 0.242 e. The zero-order valence-corrected chi connectivity index (χ0v) is 11.9. The molecular formula is C11H4Cl5N. The van der Waals surface area contributed by atoms with Gasteiger partial charge in [-0.3, -0.25) is 0 Å². The third kappa shape index (κ3) is 2.81. The monoisotopic (exact) mass is 325 g/mol. The zero-order valence-electron chi connectivity index (χ0n) is 8.15. The van der Waals surface area contributed by atoms with E-state index < -0.39 is 0 Å². The van der Waals surface area contributed by atoms with Crippen LogP contribution >= 0.6 is 58.0 Å². The molecule has 6 heteroatoms. The molecule has 1 nitrogen and oxygen atoms in total. The van der Waals surface area contributed by atoms with E-state index in [0.717, 1.165) is 11.1 Å². The first-order valence-electron chi connectivity index (χ1n) is 4.45. The minimum absolute atomic E-state index is 0.251. The molecule has 0 saturated carbocycles. The minimum atomic E-state index is 0.251. The van der Waals surface area contributed by atoms with Crippen LogP contribution < -0.4 is 0 Å². The molecule has 1 aromatic heterocycles. The maximum Gasteiger partial charge on any atom is 0.147 e. The van der Waals surface area contributed by atoms with Crippen LogP contribution in [0.2, 0.25) is 25.2 Å². The molecule has 2 aromatic rings. The van der Waals surface area contributed by atoms with Crippen LogP contribution in [0, 0.1) is 0 Å². The predicted octanol–water partition coefficient (Wildman–Crippen LogP) is 6.02. The number of rotatable bonds is 1. The molecule has 0 aliphatic carbocycles. The van der Waals surface area contributed by atoms with E-state index in [0.29, 0.717) is 20.1 Å². The molecular weight excluding hydrogens is 323 g/mol. The Labute approximate surface area is 123 Å². The van der Waals surface area contributed by atoms with Crippen LogP contribution in [0.25, 0.3) is 11.1 Å². The number of hydrogen-bond donors (Lipinski definition) is 0. The molecule has 17 heavy (non-hydrogen) atoms. The lowest BCUT2D eigenvalue weighted by atomic mass is 10.1. The SMILES string of the molecule is Clc1cc(-c2cc(Cl)c(Cl)c(Cl)c2)cnc1Cl. The van der Waals surface area contributed by atoms with Gasteiger partial charge in [-0.25, -0.2) is 4.98 Å². The van der Waals surface area contributed by atoms with E-state index in [9.17, 15) is 0 Å². The summed E-state index contributed by atoms with van der Waals surface area (Å²) in [6, 6.07) is 5.07. The van der Waals surface area contributed by atoms with Gasteiger partial charge in [0, 0.05) is 11.8 Å². The highest BCUT2D eigenvalue weighted by Crippen LogP contribution is 2.36. The first kappa shape index (κ1) is 13.3. The van der Waals surface area contributed by atoms with Crippen molar-refractivity contribution >= 4 is 58.0 Å². The Balaban J connectivity index is 2.57. The van der Waals surface area contributed by atoms with Gasteiger partial charge in [0.15, 0.2) is 0 Å². The van der Waals surface area contributed by atoms with E-state index in [4.69, 9.17) is 58.0 Å². The van der Waals surface area contributed by atoms with Crippen molar-refractivity contribution in [2.75, 3.05) is 0 Å². The van der Waals surface area contributed by atoms with Crippen LogP contribution in [0.5, 0.6) is 0 Å². The Bertz CT molecular complexity index is 559. The summed E-state index contributed by atoms with van der Waals surface area (Å²) < 4.78 is 0. The van der Waals surface area contributed by atoms with Crippen LogP contribution in [-0.2, 0) is 0 Å². The molecule has 0 amide bonds. The smallest absolute Gasteiger partial charge is 0.147 e. The molecule has 0 radical (unpaired) electrons. The van der Waals surface area contributed by atoms with Gasteiger partial charge in [-0.2, -0.15) is 0 Å². The fourth-order valence-corrected chi connectivity index (χ4v) is 2.17. The summed E-state index contributed by atoms with van der Waals surface area (Å²) in [6.07, 6.45) is 1.59. The summed E-state index contributed by atoms with van der Waals surface area (Å²) in [6.45, 7) is 0. The third-order valence-electron chi connectivity index (χ3n) is 2.11. The van der Waals surface area contributed by atoms with Crippen molar-refractivity contribution in [1.29, 1.82) is 0 Å². The van der Waals surface area contributed by atoms with Gasteiger partial charge >= 0.3 is 0 Å². The van der Waals surface area contributed by atoms with Gasteiger partial charge < -0.3 is 0 Å². The number of aromatic nitrogens is 1. The van der Waals surface area contributed by atoms with Crippen molar-refractivity contribution in [1.82, 2.24) is 4.98 Å². The number of nitrogens with zero attached hydrogens (tertiary/aromatic N) is 1. The van der Waals surface area contributed by atoms with Crippen molar-refractivity contribution in [3.8, 4) is 11.1 Å². The maximum absolute atomic E-state index is 5.94. The molecule has 1 heterocycles. The standard InChI is InChI=1S/C11H4Cl5N/c12-7-1-5(2-8(13)10(7)15)6-3-9(14)11(16)17-4-6/h1-4H. The Hall–Kier alpha value is -0.180. The topological polar surface area (TPSA) is 12.9 Å². The fraction of sp³-hybridized carbons (Fsp3) is 0. The van der Waals surface area contributed by atoms with E-state index in [1.165, 1.54) is 0 Å². The average molecular weight is 327 g/mol. The van der Waals surface area contributed by atoms with E-state index in [1.807, 2.05) is 0 Å². The first-order valence-corrected chi connectivity index (χ1v) is 6.34. The van der Waals surface area contributed by atoms with Gasteiger partial charge in [0.25, 0.3) is 0 Å². The van der Waals surface area contributed by atoms with Crippen molar-refractivity contribution in [2.45, 2.75) is 0 Å². The van der Waals surface area contributed by atoms with E-state index in [1.54, 1.807) is 24.4 Å². The van der Waals surface area contributed by atoms with E-state index in [-0.39, 0.29) is 5.15 Å². The van der Waals surface area contributed by atoms with Gasteiger partial charge in [-0.05, 0) is 23.8 Å². The summed E-state index contributed by atoms with van der Waals surface area (Å²) in [5.74, 6) is 0. The van der Waals surface area contributed by atoms with Gasteiger partial charge in [0.2, 0.25) is 0 Å². The van der Waals surface area contributed by atoms with Gasteiger partial charge in [0.05, 0.1) is 20.1 Å². The summed E-state index contributed by atoms with van der Waals surface area (Å²) >= 11 is 29.4. The Kier molecular flexibility index (Phi) is 4.06. The number of pyridine rings is 1. The third-order valence-corrected chi connectivity index (χ3v) is 4.00. The Morgan fingerprint density at radius 1 is 0.706 bits per heavy atom. The van der Waals surface area contributed by atoms with Gasteiger partial charge in [-0.1, -0.05) is 58.0 Å². The fourth-order valence-electron chi connectivity index (χ4n) is 1.30. The number of halogens is 5. The van der Waals surface area contributed by atoms with Crippen molar-refractivity contribution in [2.24, 2.45) is 0 Å². The molecule has 0 aliphatic rings. The molecule has 1 aromatic carbocycles. The molecule has 0 saturated heterocycles. The Morgan fingerprint density at radius 3 is 1.76 bits per heavy atom. The van der Waals surface area contributed by atoms with Crippen molar-refractivity contribution in [3.05, 3.63) is 49.6 Å². The molecule has 0 fully saturated rings. The lowest BCUT2D eigenvalue weighted by Gasteiger charge is -2.06. The molecule has 0 aliphatic heterocycles. The molecule has 0 atom stereocenters. The molecule has 88 valence electrons. The molecule has 0 unspecified atom stereocenters. The highest BCUT2D eigenvalue weighted by Gasteiger charge is 2.09. The highest BCUT2D eigenvalue weighted by molar-refractivity contribution is 6.48. The maximum atomic E-state index is 5.94. The normalized spacial score (nSPS) is 10.6. The first-order chi connectivity index (χ1) is 7.99. The summed E-state index contributed by atoms with van der Waals surface area (Å²) in [7, 11) is 0. The van der Waals surface area contributed by atoms with Crippen LogP contribution in [0.1, 0.15) is 0 Å². The Morgan fingerprint density at radius 2 is 1.24 bits per heavy atom. The quantitative estimate of drug-likeness (QED) is 0.461. The second kappa shape index (κ2) is 5.21. The van der Waals surface area contributed by atoms with Crippen LogP contribution in [0.15, 0.2) is 24.4 Å². The van der Waals surface area contributed by atoms with Crippen LogP contribution in [0.4, 0.5) is 0 Å². The van der Waals surface area contributed by atoms with Crippen molar-refractivity contribution in [3.63, 3.8) is 0 Å². The predicted molar refractivity (Wildman–Crippen MR) is 74.7 cm³/mol. The van der Waals surface area contributed by atoms with Crippen LogP contribution in [-0.4, -0.2) is 4.98 Å². The van der Waals surface area contributed by atoms with E-state index >= 15 is 0 Å². The number of hydrogen-bond acceptors (Lipinski definition) is 1. The second-order valence-corrected chi connectivity index (χ2v) is 5.21. The summed E-state index contributed by atoms with van der Waals surface area (Å²) in [5.41, 5.74) is 1.54. The summed E-state index contributed by atoms with van der Waals surface area (Å²) in [5, 5.41) is 1.69. The molecule has 0 bridgehead atoms. The van der Waals surface area contributed by atoms with Crippen molar-refractivity contribution < 1.29 is 0 Å². The van der Waals surface area contributed by atoms with Gasteiger partial charge in [0.1, 0.15) is 5.15 Å².